The summed E-state index contributed by atoms with van der Waals surface area (Å²) in [7, 11) is 0. The molecule has 1 saturated carbocycles. The Morgan fingerprint density at radius 3 is 2.56 bits per heavy atom. The van der Waals surface area contributed by atoms with E-state index >= 15 is 0 Å². The fourth-order valence-electron chi connectivity index (χ4n) is 3.85. The van der Waals surface area contributed by atoms with Crippen LogP contribution in [0.5, 0.6) is 0 Å². The zero-order valence-corrected chi connectivity index (χ0v) is 14.2. The SMILES string of the molecule is O=C(NCc1n[nH]c2c1CCCC2)NCC1CCC(C(F)(F)F)CC1. The summed E-state index contributed by atoms with van der Waals surface area (Å²) in [5.41, 5.74) is 3.28. The van der Waals surface area contributed by atoms with Gasteiger partial charge in [0.05, 0.1) is 18.2 Å². The Bertz CT molecular complexity index is 591. The Balaban J connectivity index is 1.37. The van der Waals surface area contributed by atoms with Crippen molar-refractivity contribution >= 4 is 6.03 Å². The monoisotopic (exact) mass is 358 g/mol. The number of alkyl halides is 3. The van der Waals surface area contributed by atoms with Crippen LogP contribution < -0.4 is 10.6 Å². The molecule has 0 aromatic carbocycles. The molecule has 0 aliphatic heterocycles. The average molecular weight is 358 g/mol. The van der Waals surface area contributed by atoms with E-state index in [1.54, 1.807) is 0 Å². The maximum atomic E-state index is 12.6. The van der Waals surface area contributed by atoms with Crippen LogP contribution in [0.15, 0.2) is 0 Å². The molecule has 8 heteroatoms. The van der Waals surface area contributed by atoms with Crippen LogP contribution in [0, 0.1) is 11.8 Å². The van der Waals surface area contributed by atoms with E-state index in [0.717, 1.165) is 25.0 Å². The van der Waals surface area contributed by atoms with E-state index in [-0.39, 0.29) is 24.8 Å². The number of urea groups is 1. The molecule has 0 radical (unpaired) electrons. The highest BCUT2D eigenvalue weighted by Gasteiger charge is 2.41. The predicted octanol–water partition coefficient (Wildman–Crippen LogP) is 3.46. The van der Waals surface area contributed by atoms with E-state index in [1.165, 1.54) is 17.7 Å². The lowest BCUT2D eigenvalue weighted by Gasteiger charge is -2.29. The Kier molecular flexibility index (Phi) is 5.54. The van der Waals surface area contributed by atoms with Gasteiger partial charge >= 0.3 is 12.2 Å². The minimum absolute atomic E-state index is 0.127. The summed E-state index contributed by atoms with van der Waals surface area (Å²) >= 11 is 0. The first kappa shape index (κ1) is 18.1. The summed E-state index contributed by atoms with van der Waals surface area (Å²) in [5.74, 6) is -1.05. The standard InChI is InChI=1S/C17H25F3N4O/c18-17(19,20)12-7-5-11(6-8-12)9-21-16(25)22-10-15-13-3-1-2-4-14(13)23-24-15/h11-12H,1-10H2,(H,23,24)(H2,21,22,25). The number of fused-ring (bicyclic) bond motifs is 1. The maximum Gasteiger partial charge on any atom is 0.391 e. The third-order valence-corrected chi connectivity index (χ3v) is 5.42. The van der Waals surface area contributed by atoms with E-state index in [0.29, 0.717) is 25.9 Å². The van der Waals surface area contributed by atoms with Crippen molar-refractivity contribution in [2.45, 2.75) is 64.1 Å². The molecule has 2 amide bonds. The summed E-state index contributed by atoms with van der Waals surface area (Å²) in [6.45, 7) is 0.799. The second-order valence-corrected chi connectivity index (χ2v) is 7.16. The third kappa shape index (κ3) is 4.67. The number of carbonyl (C=O) groups is 1. The van der Waals surface area contributed by atoms with Gasteiger partial charge < -0.3 is 10.6 Å². The summed E-state index contributed by atoms with van der Waals surface area (Å²) in [4.78, 5) is 11.9. The van der Waals surface area contributed by atoms with Crippen LogP contribution in [-0.4, -0.2) is 28.9 Å². The van der Waals surface area contributed by atoms with Crippen LogP contribution in [0.3, 0.4) is 0 Å². The Morgan fingerprint density at radius 1 is 1.12 bits per heavy atom. The topological polar surface area (TPSA) is 69.8 Å². The van der Waals surface area contributed by atoms with Crippen LogP contribution in [-0.2, 0) is 19.4 Å². The van der Waals surface area contributed by atoms with Gasteiger partial charge in [-0.05, 0) is 62.8 Å². The first-order valence-electron chi connectivity index (χ1n) is 9.07. The normalized spacial score (nSPS) is 23.8. The van der Waals surface area contributed by atoms with Crippen molar-refractivity contribution < 1.29 is 18.0 Å². The lowest BCUT2D eigenvalue weighted by Crippen LogP contribution is -2.39. The number of aromatic amines is 1. The van der Waals surface area contributed by atoms with Crippen LogP contribution in [0.2, 0.25) is 0 Å². The molecule has 2 aliphatic carbocycles. The van der Waals surface area contributed by atoms with Crippen LogP contribution >= 0.6 is 0 Å². The molecule has 0 bridgehead atoms. The number of nitrogens with one attached hydrogen (secondary N) is 3. The lowest BCUT2D eigenvalue weighted by molar-refractivity contribution is -0.183. The first-order valence-corrected chi connectivity index (χ1v) is 9.07. The van der Waals surface area contributed by atoms with Crippen LogP contribution in [0.25, 0.3) is 0 Å². The Morgan fingerprint density at radius 2 is 1.84 bits per heavy atom. The number of amides is 2. The third-order valence-electron chi connectivity index (χ3n) is 5.42. The zero-order chi connectivity index (χ0) is 17.9. The van der Waals surface area contributed by atoms with Crippen LogP contribution in [0.4, 0.5) is 18.0 Å². The molecule has 1 aromatic heterocycles. The first-order chi connectivity index (χ1) is 11.9. The predicted molar refractivity (Wildman–Crippen MR) is 87.0 cm³/mol. The molecule has 1 heterocycles. The highest BCUT2D eigenvalue weighted by Crippen LogP contribution is 2.39. The van der Waals surface area contributed by atoms with Gasteiger partial charge in [-0.2, -0.15) is 18.3 Å². The Labute approximate surface area is 145 Å². The highest BCUT2D eigenvalue weighted by molar-refractivity contribution is 5.73. The molecule has 25 heavy (non-hydrogen) atoms. The van der Waals surface area contributed by atoms with E-state index in [1.807, 2.05) is 0 Å². The number of nitrogens with zero attached hydrogens (tertiary/aromatic N) is 1. The molecular weight excluding hydrogens is 333 g/mol. The van der Waals surface area contributed by atoms with Crippen molar-refractivity contribution in [3.63, 3.8) is 0 Å². The van der Waals surface area contributed by atoms with Gasteiger partial charge in [-0.15, -0.1) is 0 Å². The number of carbonyl (C=O) groups excluding carboxylic acids is 1. The fraction of sp³-hybridized carbons (Fsp3) is 0.765. The van der Waals surface area contributed by atoms with E-state index in [9.17, 15) is 18.0 Å². The number of rotatable bonds is 4. The molecular formula is C17H25F3N4O. The van der Waals surface area contributed by atoms with Crippen LogP contribution in [0.1, 0.15) is 55.5 Å². The second kappa shape index (κ2) is 7.66. The fourth-order valence-corrected chi connectivity index (χ4v) is 3.85. The lowest BCUT2D eigenvalue weighted by atomic mass is 9.81. The molecule has 1 fully saturated rings. The molecule has 3 rings (SSSR count). The van der Waals surface area contributed by atoms with Gasteiger partial charge in [0.25, 0.3) is 0 Å². The largest absolute Gasteiger partial charge is 0.391 e. The number of aromatic nitrogens is 2. The molecule has 2 aliphatic rings. The smallest absolute Gasteiger partial charge is 0.338 e. The van der Waals surface area contributed by atoms with Crippen molar-refractivity contribution in [2.24, 2.45) is 11.8 Å². The van der Waals surface area contributed by atoms with E-state index in [2.05, 4.69) is 20.8 Å². The number of hydrogen-bond acceptors (Lipinski definition) is 2. The second-order valence-electron chi connectivity index (χ2n) is 7.16. The molecule has 0 unspecified atom stereocenters. The molecule has 140 valence electrons. The molecule has 3 N–H and O–H groups in total. The van der Waals surface area contributed by atoms with Gasteiger partial charge in [-0.1, -0.05) is 0 Å². The minimum atomic E-state index is -4.08. The van der Waals surface area contributed by atoms with Crippen molar-refractivity contribution in [3.8, 4) is 0 Å². The molecule has 0 saturated heterocycles. The van der Waals surface area contributed by atoms with Gasteiger partial charge in [0.15, 0.2) is 0 Å². The zero-order valence-electron chi connectivity index (χ0n) is 14.2. The minimum Gasteiger partial charge on any atom is -0.338 e. The van der Waals surface area contributed by atoms with Gasteiger partial charge in [0, 0.05) is 12.2 Å². The highest BCUT2D eigenvalue weighted by atomic mass is 19.4. The summed E-state index contributed by atoms with van der Waals surface area (Å²) in [6, 6.07) is -0.287. The molecule has 5 nitrogen and oxygen atoms in total. The van der Waals surface area contributed by atoms with Gasteiger partial charge in [0.1, 0.15) is 0 Å². The number of H-pyrrole nitrogens is 1. The van der Waals surface area contributed by atoms with Crippen molar-refractivity contribution in [1.82, 2.24) is 20.8 Å². The number of aryl methyl sites for hydroxylation is 1. The number of halogens is 3. The summed E-state index contributed by atoms with van der Waals surface area (Å²) < 4.78 is 37.9. The van der Waals surface area contributed by atoms with Gasteiger partial charge in [0.2, 0.25) is 0 Å². The summed E-state index contributed by atoms with van der Waals surface area (Å²) in [6.07, 6.45) is 1.58. The van der Waals surface area contributed by atoms with Crippen molar-refractivity contribution in [2.75, 3.05) is 6.54 Å². The molecule has 0 spiro atoms. The van der Waals surface area contributed by atoms with Crippen molar-refractivity contribution in [1.29, 1.82) is 0 Å². The van der Waals surface area contributed by atoms with Gasteiger partial charge in [-0.3, -0.25) is 5.10 Å². The molecule has 1 aromatic rings. The van der Waals surface area contributed by atoms with E-state index in [4.69, 9.17) is 0 Å². The van der Waals surface area contributed by atoms with Crippen molar-refractivity contribution in [3.05, 3.63) is 17.0 Å². The van der Waals surface area contributed by atoms with Gasteiger partial charge in [-0.25, -0.2) is 4.79 Å². The average Bonchev–Trinajstić information content (AvgIpc) is 3.01. The van der Waals surface area contributed by atoms with E-state index < -0.39 is 12.1 Å². The maximum absolute atomic E-state index is 12.6. The Hall–Kier alpha value is -1.73. The quantitative estimate of drug-likeness (QED) is 0.771. The molecule has 0 atom stereocenters. The summed E-state index contributed by atoms with van der Waals surface area (Å²) in [5, 5.41) is 12.9. The number of hydrogen-bond donors (Lipinski definition) is 3.